The second kappa shape index (κ2) is 10.2. The van der Waals surface area contributed by atoms with E-state index in [1.54, 1.807) is 6.92 Å². The maximum atomic E-state index is 10.7. The van der Waals surface area contributed by atoms with Crippen LogP contribution in [0.5, 0.6) is 0 Å². The molecule has 1 aliphatic heterocycles. The molecule has 1 rings (SSSR count). The Morgan fingerprint density at radius 1 is 1.40 bits per heavy atom. The van der Waals surface area contributed by atoms with Gasteiger partial charge in [-0.3, -0.25) is 0 Å². The van der Waals surface area contributed by atoms with Crippen LogP contribution < -0.4 is 0 Å². The van der Waals surface area contributed by atoms with Crippen LogP contribution in [-0.2, 0) is 23.8 Å². The van der Waals surface area contributed by atoms with E-state index in [2.05, 4.69) is 13.2 Å². The molecule has 0 radical (unpaired) electrons. The Labute approximate surface area is 120 Å². The number of likely N-dealkylation sites (N-methyl/N-ethyl adjacent to an activating group) is 1. The summed E-state index contributed by atoms with van der Waals surface area (Å²) in [7, 11) is 3.84. The van der Waals surface area contributed by atoms with Crippen LogP contribution in [0.15, 0.2) is 24.8 Å². The average molecular weight is 285 g/mol. The van der Waals surface area contributed by atoms with Gasteiger partial charge in [0.2, 0.25) is 0 Å². The molecule has 0 saturated carbocycles. The van der Waals surface area contributed by atoms with Crippen LogP contribution in [-0.4, -0.2) is 63.4 Å². The zero-order chi connectivity index (χ0) is 15.5. The minimum atomic E-state index is -0.359. The largest absolute Gasteiger partial charge is 0.461 e. The first-order chi connectivity index (χ1) is 9.36. The van der Waals surface area contributed by atoms with Gasteiger partial charge >= 0.3 is 11.9 Å². The Morgan fingerprint density at radius 3 is 2.40 bits per heavy atom. The van der Waals surface area contributed by atoms with Gasteiger partial charge < -0.3 is 19.1 Å². The summed E-state index contributed by atoms with van der Waals surface area (Å²) in [4.78, 5) is 23.1. The zero-order valence-electron chi connectivity index (χ0n) is 12.4. The van der Waals surface area contributed by atoms with Gasteiger partial charge in [-0.05, 0) is 21.0 Å². The number of nitrogens with zero attached hydrogens (tertiary/aromatic N) is 1. The molecule has 0 bridgehead atoms. The fourth-order valence-corrected chi connectivity index (χ4v) is 0.844. The number of ether oxygens (including phenoxy) is 3. The van der Waals surface area contributed by atoms with Gasteiger partial charge in [-0.15, -0.1) is 0 Å². The Kier molecular flexibility index (Phi) is 9.32. The third-order valence-electron chi connectivity index (χ3n) is 2.10. The molecular weight excluding hydrogens is 262 g/mol. The molecule has 1 heterocycles. The highest BCUT2D eigenvalue weighted by atomic mass is 16.6. The predicted octanol–water partition coefficient (Wildman–Crippen LogP) is 0.782. The standard InChI is InChI=1S/C7H13NO2.C7H10O3/c1-4-7(9)10-6-5-8(2)3;1-5(2)7(8)10-4-6-3-9-6/h4H,1,5-6H2,2-3H3;6H,1,3-4H2,2H3. The van der Waals surface area contributed by atoms with Gasteiger partial charge in [0.15, 0.2) is 0 Å². The molecule has 1 fully saturated rings. The van der Waals surface area contributed by atoms with E-state index in [-0.39, 0.29) is 18.0 Å². The molecule has 0 aromatic rings. The second-order valence-corrected chi connectivity index (χ2v) is 4.51. The number of carbonyl (C=O) groups is 2. The van der Waals surface area contributed by atoms with Gasteiger partial charge in [0.25, 0.3) is 0 Å². The fourth-order valence-electron chi connectivity index (χ4n) is 0.844. The minimum absolute atomic E-state index is 0.142. The number of hydrogen-bond donors (Lipinski definition) is 0. The van der Waals surface area contributed by atoms with E-state index >= 15 is 0 Å². The molecule has 1 atom stereocenters. The summed E-state index contributed by atoms with van der Waals surface area (Å²) in [5.74, 6) is -0.697. The Hall–Kier alpha value is -1.66. The molecule has 6 heteroatoms. The van der Waals surface area contributed by atoms with E-state index in [4.69, 9.17) is 14.2 Å². The van der Waals surface area contributed by atoms with Gasteiger partial charge in [0, 0.05) is 18.2 Å². The van der Waals surface area contributed by atoms with Gasteiger partial charge in [0.1, 0.15) is 19.3 Å². The molecule has 20 heavy (non-hydrogen) atoms. The van der Waals surface area contributed by atoms with Gasteiger partial charge in [-0.25, -0.2) is 9.59 Å². The van der Waals surface area contributed by atoms with Gasteiger partial charge in [-0.1, -0.05) is 13.2 Å². The summed E-state index contributed by atoms with van der Waals surface area (Å²) >= 11 is 0. The molecule has 114 valence electrons. The van der Waals surface area contributed by atoms with Crippen molar-refractivity contribution in [3.8, 4) is 0 Å². The first-order valence-electron chi connectivity index (χ1n) is 6.25. The molecule has 1 unspecified atom stereocenters. The lowest BCUT2D eigenvalue weighted by molar-refractivity contribution is -0.139. The zero-order valence-corrected chi connectivity index (χ0v) is 12.4. The van der Waals surface area contributed by atoms with Crippen molar-refractivity contribution >= 4 is 11.9 Å². The summed E-state index contributed by atoms with van der Waals surface area (Å²) < 4.78 is 14.3. The molecule has 1 saturated heterocycles. The normalized spacial score (nSPS) is 15.7. The molecule has 0 spiro atoms. The predicted molar refractivity (Wildman–Crippen MR) is 75.2 cm³/mol. The number of carbonyl (C=O) groups excluding carboxylic acids is 2. The van der Waals surface area contributed by atoms with Crippen LogP contribution in [0.1, 0.15) is 6.92 Å². The average Bonchev–Trinajstić information content (AvgIpc) is 3.19. The molecule has 0 aromatic heterocycles. The molecule has 6 nitrogen and oxygen atoms in total. The highest BCUT2D eigenvalue weighted by molar-refractivity contribution is 5.86. The number of epoxide rings is 1. The van der Waals surface area contributed by atoms with E-state index in [9.17, 15) is 9.59 Å². The van der Waals surface area contributed by atoms with E-state index in [0.29, 0.717) is 25.4 Å². The lowest BCUT2D eigenvalue weighted by Crippen LogP contribution is -2.19. The first-order valence-corrected chi connectivity index (χ1v) is 6.25. The summed E-state index contributed by atoms with van der Waals surface area (Å²) in [6.07, 6.45) is 1.30. The van der Waals surface area contributed by atoms with Crippen LogP contribution in [0.25, 0.3) is 0 Å². The third-order valence-corrected chi connectivity index (χ3v) is 2.10. The van der Waals surface area contributed by atoms with Crippen molar-refractivity contribution in [3.05, 3.63) is 24.8 Å². The summed E-state index contributed by atoms with van der Waals surface area (Å²) in [5.41, 5.74) is 0.431. The van der Waals surface area contributed by atoms with Gasteiger partial charge in [0.05, 0.1) is 6.61 Å². The van der Waals surface area contributed by atoms with Gasteiger partial charge in [-0.2, -0.15) is 0 Å². The van der Waals surface area contributed by atoms with Crippen molar-refractivity contribution in [2.24, 2.45) is 0 Å². The molecule has 1 aliphatic rings. The molecule has 0 aromatic carbocycles. The smallest absolute Gasteiger partial charge is 0.333 e. The number of esters is 2. The first kappa shape index (κ1) is 18.3. The van der Waals surface area contributed by atoms with Crippen LogP contribution >= 0.6 is 0 Å². The topological polar surface area (TPSA) is 68.4 Å². The van der Waals surface area contributed by atoms with Crippen molar-refractivity contribution in [2.45, 2.75) is 13.0 Å². The molecular formula is C14H23NO5. The highest BCUT2D eigenvalue weighted by Crippen LogP contribution is 2.09. The Bertz CT molecular complexity index is 345. The molecule has 0 aliphatic carbocycles. The summed E-state index contributed by atoms with van der Waals surface area (Å²) in [6, 6.07) is 0. The van der Waals surface area contributed by atoms with Crippen LogP contribution in [0.4, 0.5) is 0 Å². The number of rotatable bonds is 7. The maximum Gasteiger partial charge on any atom is 0.333 e. The minimum Gasteiger partial charge on any atom is -0.461 e. The Balaban J connectivity index is 0.000000361. The van der Waals surface area contributed by atoms with Crippen molar-refractivity contribution in [3.63, 3.8) is 0 Å². The third kappa shape index (κ3) is 11.4. The van der Waals surface area contributed by atoms with E-state index < -0.39 is 0 Å². The van der Waals surface area contributed by atoms with E-state index in [1.807, 2.05) is 19.0 Å². The van der Waals surface area contributed by atoms with Crippen molar-refractivity contribution in [2.75, 3.05) is 40.5 Å². The van der Waals surface area contributed by atoms with Crippen LogP contribution in [0, 0.1) is 0 Å². The van der Waals surface area contributed by atoms with Crippen molar-refractivity contribution in [1.29, 1.82) is 0 Å². The fraction of sp³-hybridized carbons (Fsp3) is 0.571. The maximum absolute atomic E-state index is 10.7. The lowest BCUT2D eigenvalue weighted by Gasteiger charge is -2.07. The lowest BCUT2D eigenvalue weighted by atomic mass is 10.4. The van der Waals surface area contributed by atoms with E-state index in [1.165, 1.54) is 0 Å². The Morgan fingerprint density at radius 2 is 2.00 bits per heavy atom. The SMILES string of the molecule is C=C(C)C(=O)OCC1CO1.C=CC(=O)OCCN(C)C. The molecule has 0 N–H and O–H groups in total. The number of hydrogen-bond acceptors (Lipinski definition) is 6. The van der Waals surface area contributed by atoms with Crippen molar-refractivity contribution in [1.82, 2.24) is 4.90 Å². The monoisotopic (exact) mass is 285 g/mol. The van der Waals surface area contributed by atoms with E-state index in [0.717, 1.165) is 12.6 Å². The summed E-state index contributed by atoms with van der Waals surface area (Å²) in [5, 5.41) is 0. The summed E-state index contributed by atoms with van der Waals surface area (Å²) in [6.45, 7) is 10.6. The second-order valence-electron chi connectivity index (χ2n) is 4.51. The van der Waals surface area contributed by atoms with Crippen LogP contribution in [0.2, 0.25) is 0 Å². The quantitative estimate of drug-likeness (QED) is 0.391. The molecule has 0 amide bonds. The van der Waals surface area contributed by atoms with Crippen molar-refractivity contribution < 1.29 is 23.8 Å². The van der Waals surface area contributed by atoms with Crippen LogP contribution in [0.3, 0.4) is 0 Å². The highest BCUT2D eigenvalue weighted by Gasteiger charge is 2.24.